The number of sulfone groups is 1. The number of anilines is 1. The van der Waals surface area contributed by atoms with Gasteiger partial charge >= 0.3 is 0 Å². The number of carbonyl (C=O) groups is 1. The molecule has 30 heavy (non-hydrogen) atoms. The van der Waals surface area contributed by atoms with Crippen LogP contribution in [0.2, 0.25) is 0 Å². The van der Waals surface area contributed by atoms with Crippen molar-refractivity contribution in [2.75, 3.05) is 37.9 Å². The Bertz CT molecular complexity index is 1070. The first-order chi connectivity index (χ1) is 14.3. The number of rotatable bonds is 4. The Hall–Kier alpha value is -2.26. The van der Waals surface area contributed by atoms with Gasteiger partial charge in [0.2, 0.25) is 11.9 Å². The number of nitrogens with zero attached hydrogens (tertiary/aromatic N) is 4. The molecule has 0 saturated carbocycles. The Kier molecular flexibility index (Phi) is 5.67. The lowest BCUT2D eigenvalue weighted by molar-refractivity contribution is -0.136. The number of likely N-dealkylation sites (tertiary alicyclic amines) is 1. The number of aromatic nitrogens is 2. The normalized spacial score (nSPS) is 22.6. The van der Waals surface area contributed by atoms with E-state index in [2.05, 4.69) is 9.97 Å². The van der Waals surface area contributed by atoms with E-state index in [0.717, 1.165) is 43.3 Å². The maximum Gasteiger partial charge on any atom is 0.245 e. The zero-order valence-corrected chi connectivity index (χ0v) is 18.5. The van der Waals surface area contributed by atoms with Gasteiger partial charge in [0.1, 0.15) is 6.04 Å². The fourth-order valence-corrected chi connectivity index (χ4v) is 5.06. The van der Waals surface area contributed by atoms with E-state index in [-0.39, 0.29) is 22.9 Å². The zero-order valence-electron chi connectivity index (χ0n) is 17.7. The van der Waals surface area contributed by atoms with Gasteiger partial charge in [-0.25, -0.2) is 18.4 Å². The number of amides is 1. The molecule has 3 heterocycles. The summed E-state index contributed by atoms with van der Waals surface area (Å²) in [6.07, 6.45) is 4.84. The van der Waals surface area contributed by atoms with Gasteiger partial charge in [-0.05, 0) is 50.8 Å². The molecule has 162 valence electrons. The Morgan fingerprint density at radius 1 is 1.17 bits per heavy atom. The highest BCUT2D eigenvalue weighted by atomic mass is 32.2. The molecule has 2 unspecified atom stereocenters. The fourth-order valence-electron chi connectivity index (χ4n) is 4.42. The number of fused-ring (bicyclic) bond motifs is 1. The maximum atomic E-state index is 13.3. The average molecular weight is 433 g/mol. The van der Waals surface area contributed by atoms with Crippen LogP contribution < -0.4 is 4.90 Å². The first-order valence-electron chi connectivity index (χ1n) is 10.3. The van der Waals surface area contributed by atoms with E-state index >= 15 is 0 Å². The van der Waals surface area contributed by atoms with Crippen LogP contribution >= 0.6 is 0 Å². The number of ether oxygens (including phenoxy) is 1. The van der Waals surface area contributed by atoms with Crippen molar-refractivity contribution in [1.82, 2.24) is 14.9 Å². The summed E-state index contributed by atoms with van der Waals surface area (Å²) in [4.78, 5) is 26.7. The Morgan fingerprint density at radius 2 is 1.93 bits per heavy atom. The molecule has 0 aliphatic carbocycles. The first-order valence-corrected chi connectivity index (χ1v) is 12.2. The van der Waals surface area contributed by atoms with Gasteiger partial charge in [-0.15, -0.1) is 0 Å². The predicted molar refractivity (Wildman–Crippen MR) is 114 cm³/mol. The number of hydrogen-bond donors (Lipinski definition) is 0. The minimum atomic E-state index is -3.33. The largest absolute Gasteiger partial charge is 0.380 e. The lowest BCUT2D eigenvalue weighted by Crippen LogP contribution is -2.51. The van der Waals surface area contributed by atoms with Crippen molar-refractivity contribution in [2.45, 2.75) is 49.6 Å². The van der Waals surface area contributed by atoms with Crippen LogP contribution in [0.5, 0.6) is 0 Å². The Morgan fingerprint density at radius 3 is 2.67 bits per heavy atom. The van der Waals surface area contributed by atoms with Crippen molar-refractivity contribution in [1.29, 1.82) is 0 Å². The second-order valence-electron chi connectivity index (χ2n) is 8.20. The number of aryl methyl sites for hydroxylation is 1. The molecular formula is C21H28N4O4S. The van der Waals surface area contributed by atoms with Crippen molar-refractivity contribution in [3.05, 3.63) is 23.9 Å². The van der Waals surface area contributed by atoms with E-state index < -0.39 is 9.84 Å². The lowest BCUT2D eigenvalue weighted by atomic mass is 10.1. The quantitative estimate of drug-likeness (QED) is 0.729. The van der Waals surface area contributed by atoms with Crippen molar-refractivity contribution >= 4 is 32.6 Å². The lowest BCUT2D eigenvalue weighted by Gasteiger charge is -2.35. The molecule has 0 bridgehead atoms. The molecular weight excluding hydrogens is 404 g/mol. The maximum absolute atomic E-state index is 13.3. The van der Waals surface area contributed by atoms with Crippen molar-refractivity contribution < 1.29 is 17.9 Å². The van der Waals surface area contributed by atoms with Crippen LogP contribution in [-0.4, -0.2) is 74.3 Å². The minimum absolute atomic E-state index is 0.0890. The fraction of sp³-hybridized carbons (Fsp3) is 0.571. The third-order valence-corrected chi connectivity index (χ3v) is 7.20. The molecule has 2 aliphatic heterocycles. The van der Waals surface area contributed by atoms with E-state index in [9.17, 15) is 13.2 Å². The summed E-state index contributed by atoms with van der Waals surface area (Å²) in [5.74, 6) is 0.585. The number of hydrogen-bond acceptors (Lipinski definition) is 7. The van der Waals surface area contributed by atoms with E-state index in [1.54, 1.807) is 25.3 Å². The highest BCUT2D eigenvalue weighted by Crippen LogP contribution is 2.28. The molecule has 2 atom stereocenters. The Labute approximate surface area is 177 Å². The van der Waals surface area contributed by atoms with Gasteiger partial charge in [-0.2, -0.15) is 0 Å². The summed E-state index contributed by atoms with van der Waals surface area (Å²) in [5, 5.41) is 0.812. The highest BCUT2D eigenvalue weighted by molar-refractivity contribution is 7.90. The molecule has 4 rings (SSSR count). The van der Waals surface area contributed by atoms with E-state index in [4.69, 9.17) is 4.74 Å². The minimum Gasteiger partial charge on any atom is -0.380 e. The molecule has 1 aromatic heterocycles. The summed E-state index contributed by atoms with van der Waals surface area (Å²) < 4.78 is 29.4. The van der Waals surface area contributed by atoms with Gasteiger partial charge in [-0.3, -0.25) is 4.79 Å². The van der Waals surface area contributed by atoms with Crippen LogP contribution in [0.25, 0.3) is 10.9 Å². The molecule has 1 aromatic carbocycles. The molecule has 1 amide bonds. The molecule has 2 fully saturated rings. The number of piperidine rings is 1. The number of methoxy groups -OCH3 is 1. The van der Waals surface area contributed by atoms with Gasteiger partial charge in [0, 0.05) is 38.4 Å². The Balaban J connectivity index is 1.65. The SMILES string of the molecule is COC1CCCN(C(=O)C2CCCN2c2nc(C)c3ccc(S(C)(=O)=O)cc3n2)C1. The second-order valence-corrected chi connectivity index (χ2v) is 10.2. The van der Waals surface area contributed by atoms with Crippen LogP contribution in [0.1, 0.15) is 31.4 Å². The molecule has 8 nitrogen and oxygen atoms in total. The molecule has 9 heteroatoms. The van der Waals surface area contributed by atoms with Gasteiger partial charge in [-0.1, -0.05) is 0 Å². The van der Waals surface area contributed by atoms with Crippen LogP contribution in [0.15, 0.2) is 23.1 Å². The predicted octanol–water partition coefficient (Wildman–Crippen LogP) is 1.95. The molecule has 2 aromatic rings. The van der Waals surface area contributed by atoms with Gasteiger partial charge < -0.3 is 14.5 Å². The highest BCUT2D eigenvalue weighted by Gasteiger charge is 2.37. The van der Waals surface area contributed by atoms with Crippen LogP contribution in [0.4, 0.5) is 5.95 Å². The van der Waals surface area contributed by atoms with E-state index in [0.29, 0.717) is 24.6 Å². The van der Waals surface area contributed by atoms with E-state index in [1.807, 2.05) is 16.7 Å². The average Bonchev–Trinajstić information content (AvgIpc) is 3.22. The monoisotopic (exact) mass is 432 g/mol. The summed E-state index contributed by atoms with van der Waals surface area (Å²) in [7, 11) is -1.64. The standard InChI is InChI=1S/C21H28N4O4S/c1-14-17-9-8-16(30(3,27)28)12-18(17)23-21(22-14)25-11-5-7-19(25)20(26)24-10-4-6-15(13-24)29-2/h8-9,12,15,19H,4-7,10-11,13H2,1-3H3. The van der Waals surface area contributed by atoms with Gasteiger partial charge in [0.05, 0.1) is 22.2 Å². The van der Waals surface area contributed by atoms with Crippen molar-refractivity contribution in [3.8, 4) is 0 Å². The first kappa shape index (κ1) is 21.0. The smallest absolute Gasteiger partial charge is 0.245 e. The van der Waals surface area contributed by atoms with E-state index in [1.165, 1.54) is 6.26 Å². The zero-order chi connectivity index (χ0) is 21.5. The molecule has 2 saturated heterocycles. The van der Waals surface area contributed by atoms with Crippen LogP contribution in [0, 0.1) is 6.92 Å². The summed E-state index contributed by atoms with van der Waals surface area (Å²) >= 11 is 0. The third-order valence-electron chi connectivity index (χ3n) is 6.09. The number of benzene rings is 1. The van der Waals surface area contributed by atoms with Gasteiger partial charge in [0.25, 0.3) is 0 Å². The summed E-state index contributed by atoms with van der Waals surface area (Å²) in [6, 6.07) is 4.62. The molecule has 2 aliphatic rings. The second kappa shape index (κ2) is 8.11. The third kappa shape index (κ3) is 4.00. The summed E-state index contributed by atoms with van der Waals surface area (Å²) in [6.45, 7) is 3.95. The summed E-state index contributed by atoms with van der Waals surface area (Å²) in [5.41, 5.74) is 1.35. The topological polar surface area (TPSA) is 92.7 Å². The molecule has 0 radical (unpaired) electrons. The van der Waals surface area contributed by atoms with Gasteiger partial charge in [0.15, 0.2) is 9.84 Å². The number of carbonyl (C=O) groups excluding carboxylic acids is 1. The van der Waals surface area contributed by atoms with Crippen LogP contribution in [0.3, 0.4) is 0 Å². The van der Waals surface area contributed by atoms with Crippen molar-refractivity contribution in [2.24, 2.45) is 0 Å². The molecule has 0 spiro atoms. The molecule has 0 N–H and O–H groups in total. The van der Waals surface area contributed by atoms with Crippen LogP contribution in [-0.2, 0) is 19.4 Å². The van der Waals surface area contributed by atoms with Crippen molar-refractivity contribution in [3.63, 3.8) is 0 Å².